The Bertz CT molecular complexity index is 4280. The van der Waals surface area contributed by atoms with Crippen molar-refractivity contribution in [3.05, 3.63) is 290 Å². The molecule has 1 aliphatic heterocycles. The van der Waals surface area contributed by atoms with Crippen LogP contribution in [0.1, 0.15) is 16.7 Å². The monoisotopic (exact) mass is 1070 g/mol. The highest BCUT2D eigenvalue weighted by Crippen LogP contribution is 2.58. The van der Waals surface area contributed by atoms with Gasteiger partial charge >= 0.3 is 0 Å². The molecule has 0 saturated carbocycles. The van der Waals surface area contributed by atoms with Gasteiger partial charge in [0.1, 0.15) is 0 Å². The number of hydrogen-bond acceptors (Lipinski definition) is 8. The highest BCUT2D eigenvalue weighted by Gasteiger charge is 2.36. The number of hydrogen-bond donors (Lipinski definition) is 0. The van der Waals surface area contributed by atoms with Gasteiger partial charge in [0.2, 0.25) is 5.95 Å². The van der Waals surface area contributed by atoms with Gasteiger partial charge in [0.25, 0.3) is 0 Å². The maximum atomic E-state index is 5.66. The Morgan fingerprint density at radius 2 is 0.542 bits per heavy atom. The van der Waals surface area contributed by atoms with Gasteiger partial charge in [0.05, 0.1) is 62.6 Å². The van der Waals surface area contributed by atoms with Crippen molar-refractivity contribution in [2.24, 2.45) is 0 Å². The van der Waals surface area contributed by atoms with Gasteiger partial charge < -0.3 is 4.90 Å². The van der Waals surface area contributed by atoms with Crippen molar-refractivity contribution in [3.63, 3.8) is 0 Å². The molecular formula is C75H54N8. The van der Waals surface area contributed by atoms with E-state index in [1.54, 1.807) is 0 Å². The molecule has 8 heteroatoms. The van der Waals surface area contributed by atoms with Crippen molar-refractivity contribution in [1.82, 2.24) is 29.9 Å². The molecule has 3 aromatic heterocycles. The highest BCUT2D eigenvalue weighted by atomic mass is 15.3. The third kappa shape index (κ3) is 9.68. The first-order chi connectivity index (χ1) is 40.9. The lowest BCUT2D eigenvalue weighted by molar-refractivity contribution is 1.06. The predicted molar refractivity (Wildman–Crippen MR) is 339 cm³/mol. The summed E-state index contributed by atoms with van der Waals surface area (Å²) in [5, 5.41) is 0. The second kappa shape index (κ2) is 21.6. The molecule has 0 N–H and O–H groups in total. The average Bonchev–Trinajstić information content (AvgIpc) is 1.85. The summed E-state index contributed by atoms with van der Waals surface area (Å²) in [5.41, 5.74) is 22.3. The lowest BCUT2D eigenvalue weighted by atomic mass is 9.88. The Morgan fingerprint density at radius 1 is 0.253 bits per heavy atom. The van der Waals surface area contributed by atoms with Gasteiger partial charge in [-0.15, -0.1) is 0 Å². The quantitative estimate of drug-likeness (QED) is 0.127. The first-order valence-corrected chi connectivity index (χ1v) is 27.9. The van der Waals surface area contributed by atoms with Crippen LogP contribution in [0.3, 0.4) is 0 Å². The predicted octanol–water partition coefficient (Wildman–Crippen LogP) is 19.2. The molecule has 0 atom stereocenters. The molecule has 10 aromatic carbocycles. The van der Waals surface area contributed by atoms with Crippen LogP contribution in [-0.2, 0) is 0 Å². The molecule has 1 aliphatic rings. The Labute approximate surface area is 483 Å². The van der Waals surface area contributed by atoms with Gasteiger partial charge in [0.15, 0.2) is 11.6 Å². The van der Waals surface area contributed by atoms with E-state index in [-0.39, 0.29) is 0 Å². The van der Waals surface area contributed by atoms with Gasteiger partial charge in [-0.2, -0.15) is 0 Å². The molecule has 8 nitrogen and oxygen atoms in total. The molecule has 4 heterocycles. The van der Waals surface area contributed by atoms with E-state index in [0.29, 0.717) is 17.6 Å². The maximum absolute atomic E-state index is 5.66. The first kappa shape index (κ1) is 50.3. The third-order valence-electron chi connectivity index (χ3n) is 15.3. The van der Waals surface area contributed by atoms with Gasteiger partial charge in [-0.05, 0) is 92.1 Å². The zero-order chi connectivity index (χ0) is 55.8. The van der Waals surface area contributed by atoms with Crippen LogP contribution in [-0.4, -0.2) is 29.9 Å². The summed E-state index contributed by atoms with van der Waals surface area (Å²) in [5.74, 6) is 1.65. The number of aromatic nitrogens is 6. The molecule has 0 spiro atoms. The Morgan fingerprint density at radius 3 is 0.892 bits per heavy atom. The molecular weight excluding hydrogens is 1010 g/mol. The minimum atomic E-state index is 0.539. The Balaban J connectivity index is 1.10. The van der Waals surface area contributed by atoms with Crippen molar-refractivity contribution in [3.8, 4) is 101 Å². The van der Waals surface area contributed by atoms with Crippen LogP contribution in [0.25, 0.3) is 101 Å². The third-order valence-corrected chi connectivity index (χ3v) is 15.3. The van der Waals surface area contributed by atoms with Crippen LogP contribution in [0.4, 0.5) is 34.4 Å². The zero-order valence-corrected chi connectivity index (χ0v) is 46.1. The smallest absolute Gasteiger partial charge is 0.235 e. The largest absolute Gasteiger partial charge is 0.305 e. The SMILES string of the molecule is Cc1cc(C)c(-c2cc(-c3nc(-c4ccccc4)cc(-c4ccccc4)n3)cc(-c3nc(-c4ccccc4)cc(-c4ccccc4)n3)c2N2c3ccccc3N(c3nc(-c4ccccc4)cc(-c4ccccc4)n3)c3ccccc32)c(C)c1. The molecule has 394 valence electrons. The van der Waals surface area contributed by atoms with Crippen molar-refractivity contribution >= 4 is 34.4 Å². The van der Waals surface area contributed by atoms with Gasteiger partial charge in [-0.3, -0.25) is 4.90 Å². The second-order valence-corrected chi connectivity index (χ2v) is 20.9. The molecule has 0 fully saturated rings. The average molecular weight is 1070 g/mol. The number of rotatable bonds is 11. The summed E-state index contributed by atoms with van der Waals surface area (Å²) < 4.78 is 0. The fourth-order valence-electron chi connectivity index (χ4n) is 11.6. The minimum absolute atomic E-state index is 0.539. The van der Waals surface area contributed by atoms with Gasteiger partial charge in [-0.1, -0.05) is 224 Å². The molecule has 83 heavy (non-hydrogen) atoms. The fourth-order valence-corrected chi connectivity index (χ4v) is 11.6. The number of nitrogens with zero attached hydrogens (tertiary/aromatic N) is 8. The second-order valence-electron chi connectivity index (χ2n) is 20.9. The summed E-state index contributed by atoms with van der Waals surface area (Å²) >= 11 is 0. The van der Waals surface area contributed by atoms with Gasteiger partial charge in [-0.25, -0.2) is 29.9 Å². The maximum Gasteiger partial charge on any atom is 0.235 e. The van der Waals surface area contributed by atoms with Crippen molar-refractivity contribution in [2.75, 3.05) is 9.80 Å². The minimum Gasteiger partial charge on any atom is -0.305 e. The summed E-state index contributed by atoms with van der Waals surface area (Å²) in [6.07, 6.45) is 0. The van der Waals surface area contributed by atoms with E-state index in [2.05, 4.69) is 267 Å². The molecule has 0 saturated heterocycles. The van der Waals surface area contributed by atoms with E-state index in [0.717, 1.165) is 129 Å². The molecule has 0 unspecified atom stereocenters. The van der Waals surface area contributed by atoms with E-state index in [4.69, 9.17) is 29.9 Å². The Kier molecular flexibility index (Phi) is 13.1. The van der Waals surface area contributed by atoms with E-state index in [9.17, 15) is 0 Å². The van der Waals surface area contributed by atoms with E-state index < -0.39 is 0 Å². The van der Waals surface area contributed by atoms with E-state index >= 15 is 0 Å². The first-order valence-electron chi connectivity index (χ1n) is 27.9. The highest BCUT2D eigenvalue weighted by molar-refractivity contribution is 6.08. The zero-order valence-electron chi connectivity index (χ0n) is 46.1. The summed E-state index contributed by atoms with van der Waals surface area (Å²) in [6.45, 7) is 6.60. The molecule has 0 bridgehead atoms. The number of fused-ring (bicyclic) bond motifs is 2. The Hall–Kier alpha value is -11.0. The standard InChI is InChI=1S/C75H54N8/c1-49-42-50(2)71(51(3)43-49)59-44-58(73-76-61(52-26-10-4-11-27-52)46-62(77-73)53-28-12-5-13-29-53)45-60(74-78-63(54-30-14-6-15-31-54)47-64(79-74)55-32-16-7-17-33-55)72(59)82-67-38-22-24-40-69(67)83(70-41-25-23-39-68(70)82)75-80-65(56-34-18-8-19-35-56)48-66(81-75)57-36-20-9-21-37-57/h4-48H,1-3H3. The molecule has 0 radical (unpaired) electrons. The van der Waals surface area contributed by atoms with Crippen LogP contribution in [0.2, 0.25) is 0 Å². The van der Waals surface area contributed by atoms with Gasteiger partial charge in [0, 0.05) is 50.1 Å². The van der Waals surface area contributed by atoms with Crippen molar-refractivity contribution in [2.45, 2.75) is 20.8 Å². The van der Waals surface area contributed by atoms with Crippen LogP contribution in [0.5, 0.6) is 0 Å². The van der Waals surface area contributed by atoms with Crippen LogP contribution in [0, 0.1) is 20.8 Å². The molecule has 13 aromatic rings. The summed E-state index contributed by atoms with van der Waals surface area (Å²) in [6, 6.07) is 94.6. The lowest BCUT2D eigenvalue weighted by Gasteiger charge is -2.41. The fraction of sp³-hybridized carbons (Fsp3) is 0.0400. The van der Waals surface area contributed by atoms with Crippen molar-refractivity contribution in [1.29, 1.82) is 0 Å². The molecule has 14 rings (SSSR count). The van der Waals surface area contributed by atoms with Crippen LogP contribution < -0.4 is 9.80 Å². The van der Waals surface area contributed by atoms with Crippen LogP contribution >= 0.6 is 0 Å². The normalized spacial score (nSPS) is 11.7. The number of para-hydroxylation sites is 4. The summed E-state index contributed by atoms with van der Waals surface area (Å²) in [4.78, 5) is 37.8. The number of aryl methyl sites for hydroxylation is 3. The topological polar surface area (TPSA) is 83.8 Å². The molecule has 0 amide bonds. The number of benzene rings is 10. The van der Waals surface area contributed by atoms with E-state index in [1.807, 2.05) is 36.4 Å². The molecule has 0 aliphatic carbocycles. The van der Waals surface area contributed by atoms with Crippen molar-refractivity contribution < 1.29 is 0 Å². The van der Waals surface area contributed by atoms with E-state index in [1.165, 1.54) is 5.56 Å². The lowest BCUT2D eigenvalue weighted by Crippen LogP contribution is -2.26. The van der Waals surface area contributed by atoms with Crippen LogP contribution in [0.15, 0.2) is 273 Å². The number of anilines is 6. The summed E-state index contributed by atoms with van der Waals surface area (Å²) in [7, 11) is 0.